The van der Waals surface area contributed by atoms with E-state index >= 15 is 0 Å². The van der Waals surface area contributed by atoms with Crippen molar-refractivity contribution in [2.75, 3.05) is 5.75 Å². The van der Waals surface area contributed by atoms with E-state index in [1.807, 2.05) is 25.3 Å². The van der Waals surface area contributed by atoms with Gasteiger partial charge in [0.05, 0.1) is 11.3 Å². The highest BCUT2D eigenvalue weighted by Gasteiger charge is 2.15. The number of aromatic nitrogens is 2. The number of amides is 1. The monoisotopic (exact) mass is 339 g/mol. The van der Waals surface area contributed by atoms with Crippen molar-refractivity contribution in [3.8, 4) is 0 Å². The van der Waals surface area contributed by atoms with Crippen LogP contribution in [0.3, 0.4) is 0 Å². The highest BCUT2D eigenvalue weighted by atomic mass is 32.2. The summed E-state index contributed by atoms with van der Waals surface area (Å²) in [6.45, 7) is 8.57. The van der Waals surface area contributed by atoms with Crippen molar-refractivity contribution in [2.24, 2.45) is 5.92 Å². The minimum absolute atomic E-state index is 0.0135. The second-order valence-corrected chi connectivity index (χ2v) is 7.71. The second kappa shape index (κ2) is 7.28. The third kappa shape index (κ3) is 4.10. The molecule has 1 amide bonds. The summed E-state index contributed by atoms with van der Waals surface area (Å²) >= 11 is 2.73. The number of hydrogen-bond donors (Lipinski definition) is 1. The summed E-state index contributed by atoms with van der Waals surface area (Å²) in [6.07, 6.45) is 0. The van der Waals surface area contributed by atoms with Crippen LogP contribution in [0.25, 0.3) is 10.2 Å². The Labute approximate surface area is 138 Å². The fourth-order valence-electron chi connectivity index (χ4n) is 2.05. The van der Waals surface area contributed by atoms with E-state index in [0.29, 0.717) is 27.8 Å². The van der Waals surface area contributed by atoms with Crippen LogP contribution < -0.4 is 10.9 Å². The van der Waals surface area contributed by atoms with Crippen LogP contribution in [0.2, 0.25) is 0 Å². The maximum absolute atomic E-state index is 12.6. The molecule has 0 unspecified atom stereocenters. The molecule has 2 heterocycles. The molecule has 0 fully saturated rings. The van der Waals surface area contributed by atoms with Gasteiger partial charge in [-0.05, 0) is 31.2 Å². The number of thiophene rings is 1. The highest BCUT2D eigenvalue weighted by molar-refractivity contribution is 7.99. The molecule has 0 aliphatic heterocycles. The molecule has 2 aromatic rings. The number of fused-ring (bicyclic) bond motifs is 1. The van der Waals surface area contributed by atoms with Crippen molar-refractivity contribution in [3.63, 3.8) is 0 Å². The molecule has 2 aromatic heterocycles. The van der Waals surface area contributed by atoms with E-state index in [1.165, 1.54) is 23.1 Å². The van der Waals surface area contributed by atoms with E-state index < -0.39 is 0 Å². The Bertz CT molecular complexity index is 719. The van der Waals surface area contributed by atoms with Crippen molar-refractivity contribution in [1.82, 2.24) is 14.9 Å². The molecule has 0 aromatic carbocycles. The van der Waals surface area contributed by atoms with Gasteiger partial charge in [-0.1, -0.05) is 25.6 Å². The van der Waals surface area contributed by atoms with Crippen LogP contribution in [0.5, 0.6) is 0 Å². The minimum Gasteiger partial charge on any atom is -0.353 e. The standard InChI is InChI=1S/C15H21N3O2S2/c1-9(2)7-18-14(20)13-11(5-6-21-13)17-15(18)22-8-12(19)16-10(3)4/h5-6,9-10H,7-8H2,1-4H3,(H,16,19). The average molecular weight is 339 g/mol. The lowest BCUT2D eigenvalue weighted by Crippen LogP contribution is -2.32. The van der Waals surface area contributed by atoms with Crippen LogP contribution in [-0.2, 0) is 11.3 Å². The van der Waals surface area contributed by atoms with Gasteiger partial charge in [-0.25, -0.2) is 4.98 Å². The summed E-state index contributed by atoms with van der Waals surface area (Å²) in [7, 11) is 0. The molecule has 5 nitrogen and oxygen atoms in total. The first-order valence-corrected chi connectivity index (χ1v) is 9.15. The molecular weight excluding hydrogens is 318 g/mol. The Morgan fingerprint density at radius 2 is 2.14 bits per heavy atom. The summed E-state index contributed by atoms with van der Waals surface area (Å²) in [5.74, 6) is 0.551. The van der Waals surface area contributed by atoms with Gasteiger partial charge in [0.1, 0.15) is 4.70 Å². The Morgan fingerprint density at radius 1 is 1.41 bits per heavy atom. The van der Waals surface area contributed by atoms with Gasteiger partial charge in [-0.2, -0.15) is 0 Å². The molecule has 1 N–H and O–H groups in total. The second-order valence-electron chi connectivity index (χ2n) is 5.85. The quantitative estimate of drug-likeness (QED) is 0.649. The highest BCUT2D eigenvalue weighted by Crippen LogP contribution is 2.21. The molecule has 7 heteroatoms. The normalized spacial score (nSPS) is 11.5. The van der Waals surface area contributed by atoms with Gasteiger partial charge in [0.25, 0.3) is 5.56 Å². The first-order chi connectivity index (χ1) is 10.4. The maximum atomic E-state index is 12.6. The predicted molar refractivity (Wildman–Crippen MR) is 92.7 cm³/mol. The fourth-order valence-corrected chi connectivity index (χ4v) is 3.65. The Hall–Kier alpha value is -1.34. The average Bonchev–Trinajstić information content (AvgIpc) is 2.87. The van der Waals surface area contributed by atoms with Crippen molar-refractivity contribution < 1.29 is 4.79 Å². The van der Waals surface area contributed by atoms with Crippen molar-refractivity contribution in [1.29, 1.82) is 0 Å². The minimum atomic E-state index is -0.0456. The summed E-state index contributed by atoms with van der Waals surface area (Å²) < 4.78 is 2.37. The number of carbonyl (C=O) groups excluding carboxylic acids is 1. The number of nitrogens with zero attached hydrogens (tertiary/aromatic N) is 2. The predicted octanol–water partition coefficient (Wildman–Crippen LogP) is 2.73. The summed E-state index contributed by atoms with van der Waals surface area (Å²) in [5, 5.41) is 5.34. The first-order valence-electron chi connectivity index (χ1n) is 7.28. The fraction of sp³-hybridized carbons (Fsp3) is 0.533. The molecule has 0 saturated heterocycles. The van der Waals surface area contributed by atoms with E-state index in [-0.39, 0.29) is 23.3 Å². The molecule has 0 aliphatic rings. The van der Waals surface area contributed by atoms with E-state index in [1.54, 1.807) is 4.57 Å². The van der Waals surface area contributed by atoms with E-state index in [0.717, 1.165) is 0 Å². The number of nitrogens with one attached hydrogen (secondary N) is 1. The first kappa shape index (κ1) is 17.0. The largest absolute Gasteiger partial charge is 0.353 e. The van der Waals surface area contributed by atoms with Crippen molar-refractivity contribution >= 4 is 39.2 Å². The van der Waals surface area contributed by atoms with E-state index in [9.17, 15) is 9.59 Å². The van der Waals surface area contributed by atoms with Crippen molar-refractivity contribution in [2.45, 2.75) is 45.4 Å². The topological polar surface area (TPSA) is 64.0 Å². The molecule has 0 atom stereocenters. The zero-order valence-corrected chi connectivity index (χ0v) is 14.9. The lowest BCUT2D eigenvalue weighted by atomic mass is 10.2. The number of thioether (sulfide) groups is 1. The Morgan fingerprint density at radius 3 is 2.77 bits per heavy atom. The van der Waals surface area contributed by atoms with E-state index in [2.05, 4.69) is 24.1 Å². The van der Waals surface area contributed by atoms with Crippen LogP contribution in [0, 0.1) is 5.92 Å². The maximum Gasteiger partial charge on any atom is 0.272 e. The molecule has 0 bridgehead atoms. The van der Waals surface area contributed by atoms with Crippen LogP contribution in [0.1, 0.15) is 27.7 Å². The summed E-state index contributed by atoms with van der Waals surface area (Å²) in [4.78, 5) is 29.0. The number of carbonyl (C=O) groups is 1. The lowest BCUT2D eigenvalue weighted by molar-refractivity contribution is -0.119. The van der Waals surface area contributed by atoms with Gasteiger partial charge in [-0.15, -0.1) is 11.3 Å². The van der Waals surface area contributed by atoms with Crippen LogP contribution in [0.4, 0.5) is 0 Å². The van der Waals surface area contributed by atoms with Gasteiger partial charge in [0.2, 0.25) is 5.91 Å². The molecule has 120 valence electrons. The SMILES string of the molecule is CC(C)Cn1c(SCC(=O)NC(C)C)nc2ccsc2c1=O. The smallest absolute Gasteiger partial charge is 0.272 e. The Balaban J connectivity index is 2.30. The zero-order valence-electron chi connectivity index (χ0n) is 13.3. The van der Waals surface area contributed by atoms with Crippen LogP contribution in [0.15, 0.2) is 21.4 Å². The molecule has 0 radical (unpaired) electrons. The third-order valence-corrected chi connectivity index (χ3v) is 4.73. The molecule has 0 spiro atoms. The number of rotatable bonds is 6. The van der Waals surface area contributed by atoms with Crippen molar-refractivity contribution in [3.05, 3.63) is 21.8 Å². The van der Waals surface area contributed by atoms with Gasteiger partial charge in [0.15, 0.2) is 5.16 Å². The van der Waals surface area contributed by atoms with Gasteiger partial charge < -0.3 is 5.32 Å². The van der Waals surface area contributed by atoms with E-state index in [4.69, 9.17) is 0 Å². The molecule has 0 saturated carbocycles. The summed E-state index contributed by atoms with van der Waals surface area (Å²) in [6, 6.07) is 1.96. The molecule has 22 heavy (non-hydrogen) atoms. The van der Waals surface area contributed by atoms with Gasteiger partial charge >= 0.3 is 0 Å². The van der Waals surface area contributed by atoms with Gasteiger partial charge in [0, 0.05) is 12.6 Å². The molecule has 2 rings (SSSR count). The molecular formula is C15H21N3O2S2. The third-order valence-electron chi connectivity index (χ3n) is 2.86. The molecule has 0 aliphatic carbocycles. The number of hydrogen-bond acceptors (Lipinski definition) is 5. The van der Waals surface area contributed by atoms with Crippen LogP contribution >= 0.6 is 23.1 Å². The zero-order chi connectivity index (χ0) is 16.3. The Kier molecular flexibility index (Phi) is 5.63. The van der Waals surface area contributed by atoms with Crippen LogP contribution in [-0.4, -0.2) is 27.3 Å². The summed E-state index contributed by atoms with van der Waals surface area (Å²) in [5.41, 5.74) is 0.697. The van der Waals surface area contributed by atoms with Gasteiger partial charge in [-0.3, -0.25) is 14.2 Å². The lowest BCUT2D eigenvalue weighted by Gasteiger charge is -2.14.